The van der Waals surface area contributed by atoms with E-state index < -0.39 is 56.0 Å². The first-order chi connectivity index (χ1) is 20.1. The first-order valence-electron chi connectivity index (χ1n) is 13.8. The van der Waals surface area contributed by atoms with E-state index in [-0.39, 0.29) is 29.7 Å². The fourth-order valence-electron chi connectivity index (χ4n) is 6.08. The van der Waals surface area contributed by atoms with Gasteiger partial charge in [-0.3, -0.25) is 14.5 Å². The Morgan fingerprint density at radius 1 is 1.19 bits per heavy atom. The molecule has 42 heavy (non-hydrogen) atoms. The highest BCUT2D eigenvalue weighted by atomic mass is 127. The number of rotatable bonds is 11. The van der Waals surface area contributed by atoms with Gasteiger partial charge in [0.25, 0.3) is 0 Å². The van der Waals surface area contributed by atoms with Crippen LogP contribution in [0.3, 0.4) is 0 Å². The molecule has 2 aromatic rings. The smallest absolute Gasteiger partial charge is 0.488 e. The van der Waals surface area contributed by atoms with Crippen molar-refractivity contribution in [3.63, 3.8) is 0 Å². The number of fused-ring (bicyclic) bond motifs is 1. The number of carbonyl (C=O) groups is 2. The third kappa shape index (κ3) is 6.29. The van der Waals surface area contributed by atoms with Crippen LogP contribution in [0.25, 0.3) is 6.08 Å². The van der Waals surface area contributed by atoms with Crippen LogP contribution in [0.1, 0.15) is 38.2 Å². The molecule has 0 aromatic heterocycles. The number of hydrogen-bond acceptors (Lipinski definition) is 9. The maximum atomic E-state index is 13.6. The van der Waals surface area contributed by atoms with Crippen LogP contribution in [0.4, 0.5) is 5.69 Å². The number of anilines is 1. The van der Waals surface area contributed by atoms with Crippen LogP contribution in [-0.4, -0.2) is 75.8 Å². The summed E-state index contributed by atoms with van der Waals surface area (Å²) in [5, 5.41) is 61.3. The van der Waals surface area contributed by atoms with Gasteiger partial charge in [0.05, 0.1) is 47.5 Å². The third-order valence-electron chi connectivity index (χ3n) is 8.19. The second-order valence-electron chi connectivity index (χ2n) is 10.6. The van der Waals surface area contributed by atoms with Crippen molar-refractivity contribution in [3.8, 4) is 11.5 Å². The molecule has 2 amide bonds. The maximum Gasteiger partial charge on any atom is 0.488 e. The fourth-order valence-corrected chi connectivity index (χ4v) is 6.71. The SMILES string of the molecule is CC/C(=C\c1cc(I)c(O)c(OC)c1)CC[C@@H](O)C1=C(CO)C[C@H]2C(=O)N(c3cccc(B(O)O)c3)C(=O)[C@H]2[C@H]1CO. The average molecular weight is 691 g/mol. The van der Waals surface area contributed by atoms with Crippen molar-refractivity contribution in [2.75, 3.05) is 25.2 Å². The number of phenols is 1. The summed E-state index contributed by atoms with van der Waals surface area (Å²) in [5.74, 6) is -3.25. The third-order valence-corrected chi connectivity index (χ3v) is 9.01. The summed E-state index contributed by atoms with van der Waals surface area (Å²) in [6.07, 6.45) is 2.40. The summed E-state index contributed by atoms with van der Waals surface area (Å²) in [6.45, 7) is 1.06. The van der Waals surface area contributed by atoms with Gasteiger partial charge in [0.1, 0.15) is 0 Å². The van der Waals surface area contributed by atoms with Crippen LogP contribution in [0.15, 0.2) is 53.1 Å². The van der Waals surface area contributed by atoms with Gasteiger partial charge in [0, 0.05) is 5.92 Å². The highest BCUT2D eigenvalue weighted by Crippen LogP contribution is 2.47. The topological polar surface area (TPSA) is 168 Å². The summed E-state index contributed by atoms with van der Waals surface area (Å²) in [7, 11) is -0.302. The Kier molecular flexibility index (Phi) is 10.5. The van der Waals surface area contributed by atoms with Crippen LogP contribution in [0.2, 0.25) is 0 Å². The monoisotopic (exact) mass is 691 g/mol. The zero-order valence-corrected chi connectivity index (χ0v) is 25.6. The lowest BCUT2D eigenvalue weighted by Gasteiger charge is -2.36. The van der Waals surface area contributed by atoms with Gasteiger partial charge in [-0.1, -0.05) is 30.7 Å². The molecular weight excluding hydrogens is 656 g/mol. The van der Waals surface area contributed by atoms with Crippen molar-refractivity contribution in [2.45, 2.75) is 38.7 Å². The quantitative estimate of drug-likeness (QED) is 0.0891. The Morgan fingerprint density at radius 3 is 2.55 bits per heavy atom. The van der Waals surface area contributed by atoms with E-state index in [4.69, 9.17) is 4.74 Å². The standard InChI is InChI=1S/C30H35BINO9/c1-3-16(9-17-10-23(32)28(37)25(11-17)42-2)7-8-24(36)26-18(14-34)12-21-27(22(26)15-35)30(39)33(29(21)38)20-6-4-5-19(13-20)31(40)41/h4-6,9-11,13,21-22,24,27,34-37,40-41H,3,7-8,12,14-15H2,1-2H3/b16-9+/t21-,22+,24-,27-/m1/s1. The van der Waals surface area contributed by atoms with Crippen molar-refractivity contribution in [1.29, 1.82) is 0 Å². The Bertz CT molecular complexity index is 1410. The summed E-state index contributed by atoms with van der Waals surface area (Å²) in [5.41, 5.74) is 2.98. The number of allylic oxidation sites excluding steroid dienone is 1. The van der Waals surface area contributed by atoms with Crippen LogP contribution in [-0.2, 0) is 9.59 Å². The second-order valence-corrected chi connectivity index (χ2v) is 11.7. The number of phenolic OH excluding ortho intramolecular Hbond substituents is 1. The zero-order valence-electron chi connectivity index (χ0n) is 23.4. The molecule has 0 spiro atoms. The summed E-state index contributed by atoms with van der Waals surface area (Å²) < 4.78 is 5.89. The molecule has 4 atom stereocenters. The summed E-state index contributed by atoms with van der Waals surface area (Å²) in [6, 6.07) is 9.39. The van der Waals surface area contributed by atoms with E-state index in [9.17, 15) is 40.1 Å². The van der Waals surface area contributed by atoms with E-state index >= 15 is 0 Å². The molecule has 0 radical (unpaired) electrons. The molecule has 1 aliphatic carbocycles. The van der Waals surface area contributed by atoms with E-state index in [2.05, 4.69) is 0 Å². The van der Waals surface area contributed by atoms with Gasteiger partial charge >= 0.3 is 7.12 Å². The van der Waals surface area contributed by atoms with Crippen molar-refractivity contribution in [3.05, 3.63) is 62.3 Å². The van der Waals surface area contributed by atoms with Crippen LogP contribution in [0.5, 0.6) is 11.5 Å². The normalized spacial score (nSPS) is 21.6. The molecule has 4 rings (SSSR count). The molecule has 1 heterocycles. The van der Waals surface area contributed by atoms with Crippen molar-refractivity contribution < 1.29 is 44.8 Å². The molecule has 10 nitrogen and oxygen atoms in total. The Labute approximate surface area is 258 Å². The molecule has 0 saturated carbocycles. The average Bonchev–Trinajstić information content (AvgIpc) is 3.24. The van der Waals surface area contributed by atoms with E-state index in [1.807, 2.05) is 41.7 Å². The molecule has 1 fully saturated rings. The zero-order chi connectivity index (χ0) is 30.7. The molecular formula is C30H35BINO9. The molecule has 0 unspecified atom stereocenters. The van der Waals surface area contributed by atoms with Gasteiger partial charge in [-0.15, -0.1) is 0 Å². The van der Waals surface area contributed by atoms with Gasteiger partial charge in [-0.2, -0.15) is 0 Å². The molecule has 1 aliphatic heterocycles. The highest BCUT2D eigenvalue weighted by molar-refractivity contribution is 14.1. The lowest BCUT2D eigenvalue weighted by molar-refractivity contribution is -0.123. The fraction of sp³-hybridized carbons (Fsp3) is 0.400. The number of hydrogen-bond donors (Lipinski definition) is 6. The van der Waals surface area contributed by atoms with E-state index in [0.717, 1.165) is 16.0 Å². The number of imide groups is 1. The summed E-state index contributed by atoms with van der Waals surface area (Å²) in [4.78, 5) is 28.1. The lowest BCUT2D eigenvalue weighted by Crippen LogP contribution is -2.39. The van der Waals surface area contributed by atoms with E-state index in [0.29, 0.717) is 33.3 Å². The Morgan fingerprint density at radius 2 is 1.93 bits per heavy atom. The first kappa shape index (κ1) is 32.2. The van der Waals surface area contributed by atoms with Crippen molar-refractivity contribution >= 4 is 58.7 Å². The highest BCUT2D eigenvalue weighted by Gasteiger charge is 2.55. The number of aliphatic hydroxyl groups excluding tert-OH is 3. The first-order valence-corrected chi connectivity index (χ1v) is 14.8. The number of methoxy groups -OCH3 is 1. The minimum Gasteiger partial charge on any atom is -0.504 e. The lowest BCUT2D eigenvalue weighted by atomic mass is 9.68. The van der Waals surface area contributed by atoms with Gasteiger partial charge < -0.3 is 35.2 Å². The number of ether oxygens (including phenoxy) is 1. The van der Waals surface area contributed by atoms with Gasteiger partial charge in [0.2, 0.25) is 11.8 Å². The molecule has 224 valence electrons. The number of aliphatic hydroxyl groups is 3. The van der Waals surface area contributed by atoms with Gasteiger partial charge in [0.15, 0.2) is 11.5 Å². The number of nitrogens with zero attached hydrogens (tertiary/aromatic N) is 1. The number of amides is 2. The number of aromatic hydroxyl groups is 1. The Hall–Kier alpha value is -2.75. The minimum absolute atomic E-state index is 0.0649. The second kappa shape index (κ2) is 13.7. The number of carbonyl (C=O) groups excluding carboxylic acids is 2. The van der Waals surface area contributed by atoms with Crippen LogP contribution >= 0.6 is 22.6 Å². The largest absolute Gasteiger partial charge is 0.504 e. The molecule has 2 aliphatic rings. The van der Waals surface area contributed by atoms with Gasteiger partial charge in [-0.25, -0.2) is 0 Å². The molecule has 12 heteroatoms. The predicted octanol–water partition coefficient (Wildman–Crippen LogP) is 1.73. The van der Waals surface area contributed by atoms with Gasteiger partial charge in [-0.05, 0) is 94.7 Å². The maximum absolute atomic E-state index is 13.6. The molecule has 0 bridgehead atoms. The number of halogens is 1. The predicted molar refractivity (Wildman–Crippen MR) is 166 cm³/mol. The number of benzene rings is 2. The summed E-state index contributed by atoms with van der Waals surface area (Å²) >= 11 is 2.03. The van der Waals surface area contributed by atoms with Crippen LogP contribution < -0.4 is 15.1 Å². The molecule has 2 aromatic carbocycles. The molecule has 1 saturated heterocycles. The van der Waals surface area contributed by atoms with E-state index in [1.54, 1.807) is 6.07 Å². The van der Waals surface area contributed by atoms with Crippen molar-refractivity contribution in [2.24, 2.45) is 17.8 Å². The Balaban J connectivity index is 1.58. The van der Waals surface area contributed by atoms with Crippen LogP contribution in [0, 0.1) is 21.3 Å². The minimum atomic E-state index is -1.78. The van der Waals surface area contributed by atoms with E-state index in [1.165, 1.54) is 31.4 Å². The molecule has 6 N–H and O–H groups in total. The van der Waals surface area contributed by atoms with Crippen molar-refractivity contribution in [1.82, 2.24) is 0 Å².